The van der Waals surface area contributed by atoms with E-state index in [2.05, 4.69) is 52.2 Å². The van der Waals surface area contributed by atoms with Gasteiger partial charge in [-0.15, -0.1) is 0 Å². The molecule has 2 aliphatic rings. The van der Waals surface area contributed by atoms with Crippen molar-refractivity contribution in [1.82, 2.24) is 10.6 Å². The smallest absolute Gasteiger partial charge is 0.462 e. The number of ether oxygens (including phenoxy) is 7. The summed E-state index contributed by atoms with van der Waals surface area (Å²) in [4.78, 5) is 108. The van der Waals surface area contributed by atoms with Gasteiger partial charge in [-0.25, -0.2) is 4.57 Å². The average Bonchev–Trinajstić information content (AvgIpc) is 0.801. The number of aliphatic hydroxyl groups excluding tert-OH is 5. The van der Waals surface area contributed by atoms with Crippen LogP contribution in [0.25, 0.3) is 0 Å². The summed E-state index contributed by atoms with van der Waals surface area (Å²) in [5.41, 5.74) is 0. The number of hydrogen-bond acceptors (Lipinski definition) is 20. The van der Waals surface area contributed by atoms with Crippen molar-refractivity contribution in [2.24, 2.45) is 17.8 Å². The van der Waals surface area contributed by atoms with Gasteiger partial charge < -0.3 is 79.1 Å². The Balaban J connectivity index is 2.73. The van der Waals surface area contributed by atoms with Crippen molar-refractivity contribution in [3.05, 3.63) is 0 Å². The average molecular weight is 1830 g/mol. The third kappa shape index (κ3) is 66.6. The van der Waals surface area contributed by atoms with E-state index in [9.17, 15) is 59.1 Å². The zero-order valence-electron chi connectivity index (χ0n) is 81.5. The summed E-state index contributed by atoms with van der Waals surface area (Å²) in [6.07, 6.45) is 50.1. The lowest BCUT2D eigenvalue weighted by Gasteiger charge is -2.42. The van der Waals surface area contributed by atoms with Crippen LogP contribution in [0.15, 0.2) is 0 Å². The van der Waals surface area contributed by atoms with Crippen LogP contribution < -0.4 is 10.6 Å². The standard InChI is InChI=1S/C102H193N2O22P/c1-7-13-19-25-31-37-39-41-47-53-59-65-71-94(112)123-89(69-63-57-51-45-36-30-24-18-12-6)76-96(114)125-101-97(103-92(110)75-88(68-62-56-50-44-35-29-23-17-11-5)122-93(111)70-64-58-52-46-40-38-32-26-20-14-8-2)85(82-120-80-84(77-105)99(101)126-127(116,117)118)81-119-78-83-72-90(108)100(124-95(113)74-87(107)67-61-55-49-43-34-28-22-16-10-4)98(102(115)121-79-83)104-91(109)73-86(106)66-60-54-48-42-33-27-21-15-9-3/h83-90,97-102,105-108,115H,7-82H2,1-6H3,(H,103,110)(H,104,109)(H2,116,117,118)/t83?,84?,85-,86-,87-,88-,89-,90-,97-,98?,99-,100+,101?,102+/m1/s1. The summed E-state index contributed by atoms with van der Waals surface area (Å²) < 4.78 is 62.9. The van der Waals surface area contributed by atoms with Crippen molar-refractivity contribution in [3.63, 3.8) is 0 Å². The van der Waals surface area contributed by atoms with E-state index in [1.807, 2.05) is 0 Å². The summed E-state index contributed by atoms with van der Waals surface area (Å²) in [7, 11) is -5.57. The third-order valence-corrected chi connectivity index (χ3v) is 26.3. The van der Waals surface area contributed by atoms with Gasteiger partial charge in [-0.3, -0.25) is 33.3 Å². The Morgan fingerprint density at radius 3 is 1.07 bits per heavy atom. The molecule has 2 saturated heterocycles. The lowest BCUT2D eigenvalue weighted by Crippen LogP contribution is -2.60. The number of hydrogen-bond donors (Lipinski definition) is 9. The Labute approximate surface area is 772 Å². The largest absolute Gasteiger partial charge is 0.469 e. The van der Waals surface area contributed by atoms with E-state index in [0.29, 0.717) is 64.2 Å². The minimum atomic E-state index is -5.57. The van der Waals surface area contributed by atoms with E-state index >= 15 is 9.59 Å². The van der Waals surface area contributed by atoms with Crippen LogP contribution in [-0.4, -0.2) is 178 Å². The normalized spacial score (nSPS) is 20.4. The van der Waals surface area contributed by atoms with Gasteiger partial charge in [-0.1, -0.05) is 395 Å². The van der Waals surface area contributed by atoms with Crippen molar-refractivity contribution in [3.8, 4) is 0 Å². The molecule has 0 radical (unpaired) electrons. The minimum absolute atomic E-state index is 0.138. The Kier molecular flexibility index (Phi) is 77.4. The first-order chi connectivity index (χ1) is 61.6. The first kappa shape index (κ1) is 120. The first-order valence-electron chi connectivity index (χ1n) is 52.8. The number of esters is 4. The monoisotopic (exact) mass is 1830 g/mol. The number of phosphoric acid groups is 1. The SMILES string of the molecule is CCCCCCCCCCCCCCC(=O)O[C@H](CCCCCCCCCCC)CC(=O)OC1[C@H](OP(=O)(O)O)C(CO)COC[C@@H](COCC2CO[C@H](O)C(NC(=O)C[C@H](O)CCCCCCCCCCC)[C@@H](OC(=O)C[C@H](O)CCCCCCCCCCC)[C@H](O)C2)[C@H]1NC(=O)C[C@@H](CCCCCCCCCCC)OC(=O)CCCCCCCCCCCCC. The van der Waals surface area contributed by atoms with E-state index in [4.69, 9.17) is 37.7 Å². The maximum atomic E-state index is 15.3. The fraction of sp³-hybridized carbons (Fsp3) is 0.941. The molecule has 0 aromatic heterocycles. The number of rotatable bonds is 86. The maximum absolute atomic E-state index is 15.3. The Hall–Kier alpha value is -3.39. The molecule has 0 bridgehead atoms. The molecule has 0 aliphatic carbocycles. The van der Waals surface area contributed by atoms with Crippen LogP contribution in [0.2, 0.25) is 0 Å². The topological polar surface area (TPSA) is 359 Å². The van der Waals surface area contributed by atoms with E-state index in [1.165, 1.54) is 161 Å². The van der Waals surface area contributed by atoms with Gasteiger partial charge in [0.2, 0.25) is 11.8 Å². The van der Waals surface area contributed by atoms with Gasteiger partial charge in [-0.05, 0) is 57.8 Å². The number of aliphatic hydroxyl groups is 5. The Bertz CT molecular complexity index is 2660. The lowest BCUT2D eigenvalue weighted by molar-refractivity contribution is -0.199. The van der Waals surface area contributed by atoms with Gasteiger partial charge >= 0.3 is 31.7 Å². The van der Waals surface area contributed by atoms with Gasteiger partial charge in [0.25, 0.3) is 0 Å². The molecule has 0 aromatic carbocycles. The Morgan fingerprint density at radius 1 is 0.362 bits per heavy atom. The molecule has 4 unspecified atom stereocenters. The predicted octanol–water partition coefficient (Wildman–Crippen LogP) is 22.8. The second-order valence-corrected chi connectivity index (χ2v) is 39.3. The van der Waals surface area contributed by atoms with Crippen molar-refractivity contribution in [1.29, 1.82) is 0 Å². The molecule has 0 spiro atoms. The van der Waals surface area contributed by atoms with Gasteiger partial charge in [0, 0.05) is 30.6 Å². The van der Waals surface area contributed by atoms with Gasteiger partial charge in [0.15, 0.2) is 12.4 Å². The number of phosphoric ester groups is 1. The summed E-state index contributed by atoms with van der Waals surface area (Å²) in [6, 6.07) is -3.03. The molecule has 2 rings (SSSR count). The van der Waals surface area contributed by atoms with Crippen LogP contribution in [0, 0.1) is 17.8 Å². The Morgan fingerprint density at radius 2 is 0.685 bits per heavy atom. The molecule has 9 N–H and O–H groups in total. The first-order valence-corrected chi connectivity index (χ1v) is 54.3. The molecule has 24 nitrogen and oxygen atoms in total. The molecule has 748 valence electrons. The predicted molar refractivity (Wildman–Crippen MR) is 507 cm³/mol. The van der Waals surface area contributed by atoms with Crippen LogP contribution in [0.5, 0.6) is 0 Å². The molecule has 0 aromatic rings. The highest BCUT2D eigenvalue weighted by Crippen LogP contribution is 2.43. The van der Waals surface area contributed by atoms with Crippen LogP contribution >= 0.6 is 7.82 Å². The molecule has 2 amide bonds. The molecule has 2 fully saturated rings. The van der Waals surface area contributed by atoms with Gasteiger partial charge in [0.05, 0.1) is 89.7 Å². The summed E-state index contributed by atoms with van der Waals surface area (Å²) in [5, 5.41) is 63.5. The summed E-state index contributed by atoms with van der Waals surface area (Å²) >= 11 is 0. The maximum Gasteiger partial charge on any atom is 0.469 e. The highest BCUT2D eigenvalue weighted by molar-refractivity contribution is 7.46. The van der Waals surface area contributed by atoms with Crippen LogP contribution in [0.3, 0.4) is 0 Å². The number of carbonyl (C=O) groups excluding carboxylic acids is 6. The van der Waals surface area contributed by atoms with Crippen LogP contribution in [0.4, 0.5) is 0 Å². The minimum Gasteiger partial charge on any atom is -0.462 e. The highest BCUT2D eigenvalue weighted by Gasteiger charge is 2.48. The molecule has 14 atom stereocenters. The fourth-order valence-electron chi connectivity index (χ4n) is 17.9. The van der Waals surface area contributed by atoms with E-state index < -0.39 is 148 Å². The van der Waals surface area contributed by atoms with Crippen molar-refractivity contribution < 1.29 is 106 Å². The fourth-order valence-corrected chi connectivity index (χ4v) is 18.5. The van der Waals surface area contributed by atoms with Crippen LogP contribution in [0.1, 0.15) is 491 Å². The van der Waals surface area contributed by atoms with E-state index in [0.717, 1.165) is 180 Å². The van der Waals surface area contributed by atoms with Crippen LogP contribution in [-0.2, 0) is 71.0 Å². The zero-order valence-corrected chi connectivity index (χ0v) is 82.4. The number of amides is 2. The molecule has 0 saturated carbocycles. The number of unbranched alkanes of at least 4 members (excludes halogenated alkanes) is 53. The molecule has 2 heterocycles. The third-order valence-electron chi connectivity index (χ3n) is 25.8. The number of carbonyl (C=O) groups is 6. The molecule has 127 heavy (non-hydrogen) atoms. The zero-order chi connectivity index (χ0) is 92.9. The van der Waals surface area contributed by atoms with Crippen molar-refractivity contribution >= 4 is 43.5 Å². The number of nitrogens with one attached hydrogen (secondary N) is 2. The van der Waals surface area contributed by atoms with E-state index in [-0.39, 0.29) is 65.1 Å². The van der Waals surface area contributed by atoms with Crippen molar-refractivity contribution in [2.75, 3.05) is 39.6 Å². The second-order valence-electron chi connectivity index (χ2n) is 38.1. The second kappa shape index (κ2) is 82.1. The lowest BCUT2D eigenvalue weighted by atomic mass is 9.86. The van der Waals surface area contributed by atoms with Gasteiger partial charge in [-0.2, -0.15) is 0 Å². The van der Waals surface area contributed by atoms with E-state index in [1.54, 1.807) is 0 Å². The molecular formula is C102H193N2O22P. The van der Waals surface area contributed by atoms with Gasteiger partial charge in [0.1, 0.15) is 30.5 Å². The molecular weight excluding hydrogens is 1640 g/mol. The molecule has 2 aliphatic heterocycles. The summed E-state index contributed by atoms with van der Waals surface area (Å²) in [6.45, 7) is 10.9. The highest BCUT2D eigenvalue weighted by atomic mass is 31.2. The molecule has 25 heteroatoms. The quantitative estimate of drug-likeness (QED) is 0.0118. The van der Waals surface area contributed by atoms with Crippen molar-refractivity contribution in [2.45, 2.75) is 558 Å². The summed E-state index contributed by atoms with van der Waals surface area (Å²) in [5.74, 6) is -7.25.